The number of carbonyl (C=O) groups excluding carboxylic acids is 2. The largest absolute Gasteiger partial charge is 0.466 e. The van der Waals surface area contributed by atoms with Crippen molar-refractivity contribution in [3.63, 3.8) is 0 Å². The smallest absolute Gasteiger partial charge is 0.307 e. The molecule has 0 radical (unpaired) electrons. The van der Waals surface area contributed by atoms with Crippen molar-refractivity contribution < 1.29 is 14.3 Å². The molecule has 0 spiro atoms. The van der Waals surface area contributed by atoms with Crippen molar-refractivity contribution in [2.45, 2.75) is 38.9 Å². The highest BCUT2D eigenvalue weighted by molar-refractivity contribution is 8.01. The zero-order valence-corrected chi connectivity index (χ0v) is 12.2. The molecule has 0 heterocycles. The molecule has 5 heteroatoms. The average Bonchev–Trinajstić information content (AvgIpc) is 2.22. The van der Waals surface area contributed by atoms with Gasteiger partial charge in [-0.25, -0.2) is 0 Å². The first-order chi connectivity index (χ1) is 7.76. The summed E-state index contributed by atoms with van der Waals surface area (Å²) in [6, 6.07) is 0. The first kappa shape index (κ1) is 16.3. The van der Waals surface area contributed by atoms with E-state index in [4.69, 9.17) is 4.74 Å². The molecule has 0 saturated carbocycles. The van der Waals surface area contributed by atoms with Gasteiger partial charge in [0.1, 0.15) is 0 Å². The zero-order valence-electron chi connectivity index (χ0n) is 11.4. The lowest BCUT2D eigenvalue weighted by molar-refractivity contribution is -0.143. The van der Waals surface area contributed by atoms with Crippen LogP contribution in [-0.2, 0) is 14.3 Å². The van der Waals surface area contributed by atoms with E-state index in [-0.39, 0.29) is 23.0 Å². The van der Waals surface area contributed by atoms with Crippen molar-refractivity contribution >= 4 is 23.6 Å². The third kappa shape index (κ3) is 9.03. The summed E-state index contributed by atoms with van der Waals surface area (Å²) in [4.78, 5) is 24.4. The summed E-state index contributed by atoms with van der Waals surface area (Å²) in [6.07, 6.45) is 0.260. The van der Waals surface area contributed by atoms with Crippen molar-refractivity contribution in [1.29, 1.82) is 0 Å². The van der Waals surface area contributed by atoms with Crippen LogP contribution in [0.1, 0.15) is 34.1 Å². The molecule has 0 atom stereocenters. The van der Waals surface area contributed by atoms with Crippen LogP contribution in [0.2, 0.25) is 0 Å². The number of hydrogen-bond acceptors (Lipinski definition) is 4. The van der Waals surface area contributed by atoms with Crippen molar-refractivity contribution in [3.05, 3.63) is 0 Å². The third-order valence-electron chi connectivity index (χ3n) is 2.01. The zero-order chi connectivity index (χ0) is 13.5. The van der Waals surface area contributed by atoms with Crippen LogP contribution in [0, 0.1) is 0 Å². The number of carbonyl (C=O) groups is 2. The van der Waals surface area contributed by atoms with Crippen LogP contribution in [0.15, 0.2) is 0 Å². The van der Waals surface area contributed by atoms with Crippen molar-refractivity contribution in [2.75, 3.05) is 26.0 Å². The van der Waals surface area contributed by atoms with Crippen LogP contribution < -0.4 is 0 Å². The fourth-order valence-corrected chi connectivity index (χ4v) is 1.78. The van der Waals surface area contributed by atoms with Gasteiger partial charge < -0.3 is 9.64 Å². The van der Waals surface area contributed by atoms with Crippen LogP contribution in [-0.4, -0.2) is 47.5 Å². The number of nitrogens with zero attached hydrogens (tertiary/aromatic N) is 1. The van der Waals surface area contributed by atoms with Gasteiger partial charge in [-0.3, -0.25) is 9.59 Å². The number of rotatable bonds is 6. The van der Waals surface area contributed by atoms with Gasteiger partial charge >= 0.3 is 5.97 Å². The van der Waals surface area contributed by atoms with Gasteiger partial charge in [-0.1, -0.05) is 20.8 Å². The molecule has 0 rings (SSSR count). The lowest BCUT2D eigenvalue weighted by Crippen LogP contribution is -2.31. The molecular weight excluding hydrogens is 238 g/mol. The molecular formula is C12H23NO3S. The monoisotopic (exact) mass is 261 g/mol. The van der Waals surface area contributed by atoms with Gasteiger partial charge in [0.15, 0.2) is 0 Å². The Morgan fingerprint density at radius 2 is 1.88 bits per heavy atom. The Kier molecular flexibility index (Phi) is 7.27. The number of esters is 1. The molecule has 0 fully saturated rings. The summed E-state index contributed by atoms with van der Waals surface area (Å²) in [5.74, 6) is 0.243. The summed E-state index contributed by atoms with van der Waals surface area (Å²) in [5, 5.41) is 0. The fourth-order valence-electron chi connectivity index (χ4n) is 1.01. The van der Waals surface area contributed by atoms with Crippen LogP contribution in [0.5, 0.6) is 0 Å². The second-order valence-corrected chi connectivity index (χ2v) is 6.57. The minimum atomic E-state index is -0.254. The fraction of sp³-hybridized carbons (Fsp3) is 0.833. The maximum absolute atomic E-state index is 11.7. The van der Waals surface area contributed by atoms with Crippen molar-refractivity contribution in [2.24, 2.45) is 0 Å². The molecule has 0 bridgehead atoms. The van der Waals surface area contributed by atoms with E-state index >= 15 is 0 Å². The Hall–Kier alpha value is -0.710. The van der Waals surface area contributed by atoms with Gasteiger partial charge in [0.05, 0.1) is 18.8 Å². The summed E-state index contributed by atoms with van der Waals surface area (Å²) in [5.41, 5.74) is 0. The molecule has 0 aromatic carbocycles. The summed E-state index contributed by atoms with van der Waals surface area (Å²) in [7, 11) is 1.71. The molecule has 0 unspecified atom stereocenters. The topological polar surface area (TPSA) is 46.6 Å². The number of hydrogen-bond donors (Lipinski definition) is 0. The number of thioether (sulfide) groups is 1. The second-order valence-electron chi connectivity index (χ2n) is 4.77. The minimum absolute atomic E-state index is 0.0502. The SMILES string of the molecule is CCOC(=O)CCN(C)C(=O)CSC(C)(C)C. The van der Waals surface area contributed by atoms with E-state index in [9.17, 15) is 9.59 Å². The van der Waals surface area contributed by atoms with Gasteiger partial charge in [0, 0.05) is 18.3 Å². The Morgan fingerprint density at radius 3 is 2.35 bits per heavy atom. The Bertz CT molecular complexity index is 261. The maximum Gasteiger partial charge on any atom is 0.307 e. The quantitative estimate of drug-likeness (QED) is 0.685. The molecule has 4 nitrogen and oxygen atoms in total. The van der Waals surface area contributed by atoms with Crippen molar-refractivity contribution in [3.8, 4) is 0 Å². The first-order valence-corrected chi connectivity index (χ1v) is 6.78. The summed E-state index contributed by atoms with van der Waals surface area (Å²) >= 11 is 1.61. The van der Waals surface area contributed by atoms with Gasteiger partial charge in [-0.15, -0.1) is 11.8 Å². The maximum atomic E-state index is 11.7. The van der Waals surface area contributed by atoms with Gasteiger partial charge in [-0.2, -0.15) is 0 Å². The average molecular weight is 261 g/mol. The summed E-state index contributed by atoms with van der Waals surface area (Å²) < 4.78 is 4.89. The number of ether oxygens (including phenoxy) is 1. The Balaban J connectivity index is 3.86. The lowest BCUT2D eigenvalue weighted by Gasteiger charge is -2.21. The normalized spacial score (nSPS) is 11.1. The van der Waals surface area contributed by atoms with Crippen LogP contribution >= 0.6 is 11.8 Å². The van der Waals surface area contributed by atoms with E-state index in [0.29, 0.717) is 18.9 Å². The predicted octanol–water partition coefficient (Wildman–Crippen LogP) is 1.93. The molecule has 0 aromatic heterocycles. The van der Waals surface area contributed by atoms with Gasteiger partial charge in [0.2, 0.25) is 5.91 Å². The molecule has 17 heavy (non-hydrogen) atoms. The standard InChI is InChI=1S/C12H23NO3S/c1-6-16-11(15)7-8-13(5)10(14)9-17-12(2,3)4/h6-9H2,1-5H3. The molecule has 0 N–H and O–H groups in total. The molecule has 0 saturated heterocycles. The second kappa shape index (κ2) is 7.58. The highest BCUT2D eigenvalue weighted by Crippen LogP contribution is 2.22. The predicted molar refractivity (Wildman–Crippen MR) is 71.1 cm³/mol. The highest BCUT2D eigenvalue weighted by Gasteiger charge is 2.16. The molecule has 0 aliphatic heterocycles. The highest BCUT2D eigenvalue weighted by atomic mass is 32.2. The Morgan fingerprint density at radius 1 is 1.29 bits per heavy atom. The van der Waals surface area contributed by atoms with E-state index in [2.05, 4.69) is 20.8 Å². The van der Waals surface area contributed by atoms with E-state index < -0.39 is 0 Å². The third-order valence-corrected chi connectivity index (χ3v) is 3.27. The van der Waals surface area contributed by atoms with E-state index in [1.54, 1.807) is 30.6 Å². The first-order valence-electron chi connectivity index (χ1n) is 5.80. The van der Waals surface area contributed by atoms with E-state index in [1.807, 2.05) is 0 Å². The van der Waals surface area contributed by atoms with Gasteiger partial charge in [-0.05, 0) is 6.92 Å². The van der Waals surface area contributed by atoms with Crippen molar-refractivity contribution in [1.82, 2.24) is 4.90 Å². The molecule has 1 amide bonds. The molecule has 100 valence electrons. The van der Waals surface area contributed by atoms with E-state index in [0.717, 1.165) is 0 Å². The van der Waals surface area contributed by atoms with Gasteiger partial charge in [0.25, 0.3) is 0 Å². The summed E-state index contributed by atoms with van der Waals surface area (Å²) in [6.45, 7) is 8.79. The lowest BCUT2D eigenvalue weighted by atomic mass is 10.3. The molecule has 0 aliphatic rings. The van der Waals surface area contributed by atoms with Crippen LogP contribution in [0.4, 0.5) is 0 Å². The van der Waals surface area contributed by atoms with E-state index in [1.165, 1.54) is 0 Å². The van der Waals surface area contributed by atoms with Crippen LogP contribution in [0.3, 0.4) is 0 Å². The number of amides is 1. The molecule has 0 aliphatic carbocycles. The van der Waals surface area contributed by atoms with Crippen LogP contribution in [0.25, 0.3) is 0 Å². The molecule has 0 aromatic rings. The minimum Gasteiger partial charge on any atom is -0.466 e. The Labute approximate surface area is 108 Å².